The second kappa shape index (κ2) is 14.3. The average molecular weight is 606 g/mol. The molecule has 2 aromatic carbocycles. The number of aromatic nitrogens is 1. The van der Waals surface area contributed by atoms with E-state index in [-0.39, 0.29) is 31.6 Å². The fourth-order valence-corrected chi connectivity index (χ4v) is 5.16. The van der Waals surface area contributed by atoms with Crippen molar-refractivity contribution < 1.29 is 33.3 Å². The molecule has 1 aliphatic heterocycles. The van der Waals surface area contributed by atoms with Gasteiger partial charge in [0.1, 0.15) is 29.8 Å². The van der Waals surface area contributed by atoms with E-state index in [1.54, 1.807) is 12.0 Å². The lowest BCUT2D eigenvalue weighted by molar-refractivity contribution is -0.160. The smallest absolute Gasteiger partial charge is 0.410 e. The van der Waals surface area contributed by atoms with E-state index in [0.717, 1.165) is 41.6 Å². The molecule has 2 fully saturated rings. The first-order valence-electron chi connectivity index (χ1n) is 15.3. The van der Waals surface area contributed by atoms with Gasteiger partial charge < -0.3 is 33.5 Å². The first-order valence-corrected chi connectivity index (χ1v) is 15.3. The number of para-hydroxylation sites is 2. The summed E-state index contributed by atoms with van der Waals surface area (Å²) in [5, 5.41) is 0.919. The molecule has 2 aliphatic rings. The van der Waals surface area contributed by atoms with Crippen molar-refractivity contribution >= 4 is 22.9 Å². The monoisotopic (exact) mass is 605 g/mol. The highest BCUT2D eigenvalue weighted by molar-refractivity contribution is 5.86. The highest BCUT2D eigenvalue weighted by atomic mass is 16.6. The zero-order valence-electron chi connectivity index (χ0n) is 26.1. The molecule has 1 saturated heterocycles. The van der Waals surface area contributed by atoms with E-state index in [1.165, 1.54) is 0 Å². The van der Waals surface area contributed by atoms with Crippen LogP contribution in [-0.4, -0.2) is 90.7 Å². The van der Waals surface area contributed by atoms with Crippen molar-refractivity contribution in [2.24, 2.45) is 0 Å². The summed E-state index contributed by atoms with van der Waals surface area (Å²) < 4.78 is 29.2. The number of pyridine rings is 1. The van der Waals surface area contributed by atoms with E-state index >= 15 is 0 Å². The van der Waals surface area contributed by atoms with E-state index in [4.69, 9.17) is 28.7 Å². The summed E-state index contributed by atoms with van der Waals surface area (Å²) >= 11 is 0. The van der Waals surface area contributed by atoms with E-state index in [9.17, 15) is 9.59 Å². The van der Waals surface area contributed by atoms with Crippen LogP contribution in [-0.2, 0) is 25.5 Å². The molecular formula is C34H43N3O7. The Morgan fingerprint density at radius 1 is 1.00 bits per heavy atom. The zero-order chi connectivity index (χ0) is 31.1. The van der Waals surface area contributed by atoms with Crippen LogP contribution in [0.15, 0.2) is 60.7 Å². The number of methoxy groups -OCH3 is 1. The number of morpholine rings is 1. The van der Waals surface area contributed by atoms with Gasteiger partial charge in [0.2, 0.25) is 0 Å². The normalized spacial score (nSPS) is 18.6. The van der Waals surface area contributed by atoms with Gasteiger partial charge in [0.05, 0.1) is 37.5 Å². The van der Waals surface area contributed by atoms with Gasteiger partial charge in [-0.1, -0.05) is 30.3 Å². The molecule has 10 nitrogen and oxygen atoms in total. The Balaban J connectivity index is 1.35. The molecule has 3 aromatic rings. The molecule has 1 unspecified atom stereocenters. The van der Waals surface area contributed by atoms with Crippen LogP contribution in [0.4, 0.5) is 4.79 Å². The van der Waals surface area contributed by atoms with Crippen LogP contribution < -0.4 is 9.47 Å². The predicted octanol–water partition coefficient (Wildman–Crippen LogP) is 5.22. The van der Waals surface area contributed by atoms with Crippen molar-refractivity contribution in [2.75, 3.05) is 40.0 Å². The Labute approximate surface area is 259 Å². The second-order valence-corrected chi connectivity index (χ2v) is 12.3. The number of hydrogen-bond acceptors (Lipinski definition) is 8. The van der Waals surface area contributed by atoms with Crippen molar-refractivity contribution in [1.82, 2.24) is 14.8 Å². The number of hydrogen-bond donors (Lipinski definition) is 0. The van der Waals surface area contributed by atoms with Gasteiger partial charge in [-0.15, -0.1) is 0 Å². The maximum atomic E-state index is 14.2. The van der Waals surface area contributed by atoms with Crippen LogP contribution in [0.3, 0.4) is 0 Å². The van der Waals surface area contributed by atoms with Crippen molar-refractivity contribution in [3.8, 4) is 11.5 Å². The molecule has 1 aromatic heterocycles. The minimum atomic E-state index is -0.869. The van der Waals surface area contributed by atoms with Crippen LogP contribution in [0.1, 0.15) is 45.7 Å². The number of benzene rings is 2. The van der Waals surface area contributed by atoms with Gasteiger partial charge in [-0.3, -0.25) is 9.78 Å². The van der Waals surface area contributed by atoms with Crippen LogP contribution >= 0.6 is 0 Å². The quantitative estimate of drug-likeness (QED) is 0.259. The molecule has 0 N–H and O–H groups in total. The zero-order valence-corrected chi connectivity index (χ0v) is 26.1. The first-order chi connectivity index (χ1) is 21.2. The van der Waals surface area contributed by atoms with Gasteiger partial charge in [0, 0.05) is 37.6 Å². The minimum Gasteiger partial charge on any atom is -0.493 e. The highest BCUT2D eigenvalue weighted by Gasteiger charge is 2.42. The van der Waals surface area contributed by atoms with E-state index < -0.39 is 23.9 Å². The molecule has 2 amide bonds. The number of carbonyl (C=O) groups is 2. The Bertz CT molecular complexity index is 1410. The van der Waals surface area contributed by atoms with Crippen molar-refractivity contribution in [2.45, 2.75) is 70.4 Å². The summed E-state index contributed by atoms with van der Waals surface area (Å²) in [5.74, 6) is 1.24. The summed E-state index contributed by atoms with van der Waals surface area (Å²) in [6.07, 6.45) is 0.708. The maximum Gasteiger partial charge on any atom is 0.410 e. The molecule has 10 heteroatoms. The van der Waals surface area contributed by atoms with Crippen LogP contribution in [0.5, 0.6) is 11.5 Å². The standard InChI is InChI=1S/C34H43N3O7/c1-34(2,3)44-33(39)36-21-27(23-42-26-11-6-5-7-12-26)43-31(22-36)32(38)37(25-15-16-25)20-24-19-30(41-18-10-17-40-4)28-13-8-9-14-29(28)35-24/h5-9,11-14,19,25,27,31H,10,15-18,20-23H2,1-4H3/t27-,31?/m0/s1. The molecule has 2 atom stereocenters. The molecule has 0 radical (unpaired) electrons. The van der Waals surface area contributed by atoms with Crippen molar-refractivity contribution in [1.29, 1.82) is 0 Å². The summed E-state index contributed by atoms with van der Waals surface area (Å²) in [5.41, 5.74) is 0.864. The fourth-order valence-electron chi connectivity index (χ4n) is 5.16. The molecule has 44 heavy (non-hydrogen) atoms. The van der Waals surface area contributed by atoms with Gasteiger partial charge >= 0.3 is 6.09 Å². The minimum absolute atomic E-state index is 0.0846. The Morgan fingerprint density at radius 2 is 1.75 bits per heavy atom. The van der Waals surface area contributed by atoms with Crippen molar-refractivity contribution in [3.63, 3.8) is 0 Å². The lowest BCUT2D eigenvalue weighted by atomic mass is 10.1. The van der Waals surface area contributed by atoms with Gasteiger partial charge in [0.15, 0.2) is 6.10 Å². The average Bonchev–Trinajstić information content (AvgIpc) is 3.86. The molecule has 2 heterocycles. The SMILES string of the molecule is COCCCOc1cc(CN(C(=O)C2CN(C(=O)OC(C)(C)C)C[C@@H](COc3ccccc3)O2)C2CC2)nc2ccccc12. The number of carbonyl (C=O) groups excluding carboxylic acids is 2. The Hall–Kier alpha value is -3.89. The third-order valence-corrected chi connectivity index (χ3v) is 7.36. The summed E-state index contributed by atoms with van der Waals surface area (Å²) in [4.78, 5) is 35.6. The molecular weight excluding hydrogens is 562 g/mol. The second-order valence-electron chi connectivity index (χ2n) is 12.3. The van der Waals surface area contributed by atoms with Gasteiger partial charge in [0.25, 0.3) is 5.91 Å². The number of fused-ring (bicyclic) bond motifs is 1. The number of rotatable bonds is 12. The van der Waals surface area contributed by atoms with Crippen LogP contribution in [0.2, 0.25) is 0 Å². The lowest BCUT2D eigenvalue weighted by Gasteiger charge is -2.39. The highest BCUT2D eigenvalue weighted by Crippen LogP contribution is 2.32. The largest absolute Gasteiger partial charge is 0.493 e. The Kier molecular flexibility index (Phi) is 10.2. The molecule has 236 valence electrons. The summed E-state index contributed by atoms with van der Waals surface area (Å²) in [6, 6.07) is 19.2. The van der Waals surface area contributed by atoms with Crippen molar-refractivity contribution in [3.05, 3.63) is 66.4 Å². The number of ether oxygens (including phenoxy) is 5. The maximum absolute atomic E-state index is 14.2. The molecule has 0 spiro atoms. The number of amides is 2. The lowest BCUT2D eigenvalue weighted by Crippen LogP contribution is -2.57. The topological polar surface area (TPSA) is 99.7 Å². The van der Waals surface area contributed by atoms with E-state index in [0.29, 0.717) is 25.5 Å². The van der Waals surface area contributed by atoms with E-state index in [1.807, 2.05) is 86.3 Å². The molecule has 1 aliphatic carbocycles. The fraction of sp³-hybridized carbons (Fsp3) is 0.500. The summed E-state index contributed by atoms with van der Waals surface area (Å²) in [6.45, 7) is 7.44. The van der Waals surface area contributed by atoms with Gasteiger partial charge in [-0.25, -0.2) is 4.79 Å². The van der Waals surface area contributed by atoms with Gasteiger partial charge in [-0.2, -0.15) is 0 Å². The third kappa shape index (κ3) is 8.60. The Morgan fingerprint density at radius 3 is 2.48 bits per heavy atom. The molecule has 0 bridgehead atoms. The first kappa shape index (κ1) is 31.5. The van der Waals surface area contributed by atoms with Crippen LogP contribution in [0.25, 0.3) is 10.9 Å². The summed E-state index contributed by atoms with van der Waals surface area (Å²) in [7, 11) is 1.67. The molecule has 5 rings (SSSR count). The number of nitrogens with zero attached hydrogens (tertiary/aromatic N) is 3. The predicted molar refractivity (Wildman–Crippen MR) is 166 cm³/mol. The molecule has 1 saturated carbocycles. The van der Waals surface area contributed by atoms with E-state index in [2.05, 4.69) is 0 Å². The third-order valence-electron chi connectivity index (χ3n) is 7.36. The van der Waals surface area contributed by atoms with Crippen LogP contribution in [0, 0.1) is 0 Å². The van der Waals surface area contributed by atoms with Gasteiger partial charge in [-0.05, 0) is 57.9 Å².